The number of nitrogens with zero attached hydrogens (tertiary/aromatic N) is 5. The van der Waals surface area contributed by atoms with E-state index in [2.05, 4.69) is 40.7 Å². The quantitative estimate of drug-likeness (QED) is 0.676. The largest absolute Gasteiger partial charge is 0.364 e. The van der Waals surface area contributed by atoms with Crippen molar-refractivity contribution in [1.29, 1.82) is 0 Å². The number of aromatic nitrogens is 3. The second kappa shape index (κ2) is 9.04. The van der Waals surface area contributed by atoms with E-state index in [1.807, 2.05) is 30.1 Å². The van der Waals surface area contributed by atoms with Gasteiger partial charge in [-0.05, 0) is 50.3 Å². The van der Waals surface area contributed by atoms with Crippen LogP contribution in [-0.2, 0) is 12.8 Å². The Labute approximate surface area is 183 Å². The van der Waals surface area contributed by atoms with Crippen LogP contribution in [0.5, 0.6) is 0 Å². The van der Waals surface area contributed by atoms with Crippen LogP contribution in [0.2, 0.25) is 0 Å². The van der Waals surface area contributed by atoms with Gasteiger partial charge in [0.05, 0.1) is 24.1 Å². The Morgan fingerprint density at radius 3 is 2.87 bits per heavy atom. The highest BCUT2D eigenvalue weighted by Gasteiger charge is 2.31. The number of amidine groups is 1. The van der Waals surface area contributed by atoms with Gasteiger partial charge in [-0.3, -0.25) is 4.98 Å². The number of rotatable bonds is 0. The molecule has 2 aromatic heterocycles. The van der Waals surface area contributed by atoms with E-state index in [4.69, 9.17) is 4.99 Å². The van der Waals surface area contributed by atoms with E-state index in [0.717, 1.165) is 66.3 Å². The third-order valence-electron chi connectivity index (χ3n) is 5.77. The number of fused-ring (bicyclic) bond motifs is 5. The van der Waals surface area contributed by atoms with Gasteiger partial charge >= 0.3 is 0 Å². The first-order valence-corrected chi connectivity index (χ1v) is 11.2. The van der Waals surface area contributed by atoms with Gasteiger partial charge in [-0.15, -0.1) is 0 Å². The zero-order valence-electron chi connectivity index (χ0n) is 18.6. The van der Waals surface area contributed by atoms with Gasteiger partial charge in [0.25, 0.3) is 0 Å². The standard InChI is InChI=1S/C21H23FN6.C3H8/c1-13-17-12-24-28-9-7-21(26-14(2)25-13)27-8-3-4-19(27)16-10-15(22)11-23-18(16)5-6-20(17)28;1-3-2/h7,9-12,14,19,25H,1,3-6,8H2,2H3;3H2,1-2H3/b9-7-,26-21-;. The second-order valence-corrected chi connectivity index (χ2v) is 8.30. The zero-order chi connectivity index (χ0) is 22.0. The molecule has 4 bridgehead atoms. The molecule has 2 aromatic rings. The summed E-state index contributed by atoms with van der Waals surface area (Å²) in [4.78, 5) is 11.6. The third-order valence-corrected chi connectivity index (χ3v) is 5.77. The summed E-state index contributed by atoms with van der Waals surface area (Å²) in [6, 6.07) is 1.74. The molecule has 0 radical (unpaired) electrons. The molecular formula is C24H31FN6. The number of halogens is 1. The number of hydrogen-bond donors (Lipinski definition) is 1. The number of nitrogens with one attached hydrogen (secondary N) is 1. The highest BCUT2D eigenvalue weighted by atomic mass is 19.1. The van der Waals surface area contributed by atoms with Crippen LogP contribution in [0.25, 0.3) is 11.9 Å². The van der Waals surface area contributed by atoms with Gasteiger partial charge in [-0.25, -0.2) is 14.1 Å². The first kappa shape index (κ1) is 21.3. The van der Waals surface area contributed by atoms with Crippen molar-refractivity contribution in [3.8, 4) is 0 Å². The predicted octanol–water partition coefficient (Wildman–Crippen LogP) is 4.56. The summed E-state index contributed by atoms with van der Waals surface area (Å²) in [5, 5.41) is 7.94. The van der Waals surface area contributed by atoms with Crippen LogP contribution in [-0.4, -0.2) is 38.2 Å². The molecule has 6 nitrogen and oxygen atoms in total. The summed E-state index contributed by atoms with van der Waals surface area (Å²) in [6.07, 6.45) is 11.8. The Morgan fingerprint density at radius 2 is 2.06 bits per heavy atom. The summed E-state index contributed by atoms with van der Waals surface area (Å²) in [7, 11) is 0. The van der Waals surface area contributed by atoms with Crippen LogP contribution in [0.3, 0.4) is 0 Å². The molecule has 7 heteroatoms. The molecule has 0 amide bonds. The van der Waals surface area contributed by atoms with Crippen molar-refractivity contribution in [2.75, 3.05) is 6.54 Å². The Balaban J connectivity index is 0.000000730. The lowest BCUT2D eigenvalue weighted by Crippen LogP contribution is -2.33. The number of pyridine rings is 1. The normalized spacial score (nSPS) is 24.7. The minimum atomic E-state index is -0.284. The molecule has 0 saturated carbocycles. The Kier molecular flexibility index (Phi) is 6.20. The monoisotopic (exact) mass is 422 g/mol. The van der Waals surface area contributed by atoms with E-state index in [1.54, 1.807) is 6.07 Å². The molecule has 1 fully saturated rings. The molecule has 3 aliphatic rings. The van der Waals surface area contributed by atoms with Gasteiger partial charge in [-0.1, -0.05) is 26.8 Å². The number of aliphatic imine (C=N–C) groups is 1. The van der Waals surface area contributed by atoms with Crippen LogP contribution >= 0.6 is 0 Å². The van der Waals surface area contributed by atoms with Crippen molar-refractivity contribution in [1.82, 2.24) is 25.0 Å². The van der Waals surface area contributed by atoms with Crippen molar-refractivity contribution in [2.24, 2.45) is 4.99 Å². The molecule has 3 aliphatic heterocycles. The molecule has 1 N–H and O–H groups in total. The van der Waals surface area contributed by atoms with Crippen LogP contribution in [0.1, 0.15) is 68.6 Å². The van der Waals surface area contributed by atoms with Crippen molar-refractivity contribution < 1.29 is 4.39 Å². The summed E-state index contributed by atoms with van der Waals surface area (Å²) >= 11 is 0. The zero-order valence-corrected chi connectivity index (χ0v) is 18.6. The van der Waals surface area contributed by atoms with Crippen molar-refractivity contribution >= 4 is 17.7 Å². The van der Waals surface area contributed by atoms with Gasteiger partial charge in [0.1, 0.15) is 17.8 Å². The molecule has 164 valence electrons. The fourth-order valence-electron chi connectivity index (χ4n) is 4.51. The third kappa shape index (κ3) is 4.27. The minimum Gasteiger partial charge on any atom is -0.364 e. The molecule has 5 rings (SSSR count). The molecule has 31 heavy (non-hydrogen) atoms. The topological polar surface area (TPSA) is 58.3 Å². The maximum Gasteiger partial charge on any atom is 0.141 e. The number of aryl methyl sites for hydroxylation is 1. The number of hydrogen-bond acceptors (Lipinski definition) is 5. The van der Waals surface area contributed by atoms with Gasteiger partial charge < -0.3 is 10.2 Å². The molecule has 2 atom stereocenters. The van der Waals surface area contributed by atoms with E-state index in [9.17, 15) is 4.39 Å². The van der Waals surface area contributed by atoms with Crippen LogP contribution in [0.15, 0.2) is 36.1 Å². The van der Waals surface area contributed by atoms with Crippen molar-refractivity contribution in [3.63, 3.8) is 0 Å². The highest BCUT2D eigenvalue weighted by Crippen LogP contribution is 2.35. The Morgan fingerprint density at radius 1 is 1.26 bits per heavy atom. The predicted molar refractivity (Wildman–Crippen MR) is 123 cm³/mol. The molecule has 2 unspecified atom stereocenters. The van der Waals surface area contributed by atoms with E-state index >= 15 is 0 Å². The van der Waals surface area contributed by atoms with Gasteiger partial charge in [0, 0.05) is 29.7 Å². The molecule has 0 aliphatic carbocycles. The molecule has 0 spiro atoms. The molecule has 1 saturated heterocycles. The van der Waals surface area contributed by atoms with Crippen LogP contribution < -0.4 is 5.32 Å². The SMILES string of the molecule is C=C1NC(C)/N=C2/C=C\n3ncc1c3CCc1ncc(F)cc1C1CCCN21.CCC. The smallest absolute Gasteiger partial charge is 0.141 e. The van der Waals surface area contributed by atoms with E-state index in [-0.39, 0.29) is 18.0 Å². The maximum atomic E-state index is 14.1. The van der Waals surface area contributed by atoms with Crippen molar-refractivity contribution in [3.05, 3.63) is 59.4 Å². The van der Waals surface area contributed by atoms with Gasteiger partial charge in [0.2, 0.25) is 0 Å². The molecule has 5 heterocycles. The minimum absolute atomic E-state index is 0.0858. The molecular weight excluding hydrogens is 391 g/mol. The fraction of sp³-hybridized carbons (Fsp3) is 0.458. The Bertz CT molecular complexity index is 1020. The average Bonchev–Trinajstić information content (AvgIpc) is 3.36. The maximum absolute atomic E-state index is 14.1. The first-order chi connectivity index (χ1) is 15.0. The van der Waals surface area contributed by atoms with Gasteiger partial charge in [0.15, 0.2) is 0 Å². The lowest BCUT2D eigenvalue weighted by atomic mass is 9.98. The summed E-state index contributed by atoms with van der Waals surface area (Å²) in [6.45, 7) is 11.4. The lowest BCUT2D eigenvalue weighted by Gasteiger charge is -2.29. The fourth-order valence-corrected chi connectivity index (χ4v) is 4.51. The molecule has 0 aromatic carbocycles. The van der Waals surface area contributed by atoms with E-state index in [1.165, 1.54) is 12.6 Å². The highest BCUT2D eigenvalue weighted by molar-refractivity contribution is 5.96. The van der Waals surface area contributed by atoms with E-state index in [0.29, 0.717) is 0 Å². The first-order valence-electron chi connectivity index (χ1n) is 11.2. The summed E-state index contributed by atoms with van der Waals surface area (Å²) in [5.74, 6) is 0.588. The summed E-state index contributed by atoms with van der Waals surface area (Å²) < 4.78 is 16.0. The lowest BCUT2D eigenvalue weighted by molar-refractivity contribution is 0.393. The van der Waals surface area contributed by atoms with E-state index < -0.39 is 0 Å². The Hall–Kier alpha value is -2.96. The second-order valence-electron chi connectivity index (χ2n) is 8.30. The van der Waals surface area contributed by atoms with Crippen LogP contribution in [0.4, 0.5) is 4.39 Å². The van der Waals surface area contributed by atoms with Gasteiger partial charge in [-0.2, -0.15) is 5.10 Å². The summed E-state index contributed by atoms with van der Waals surface area (Å²) in [5.41, 5.74) is 4.80. The van der Waals surface area contributed by atoms with Crippen molar-refractivity contribution in [2.45, 2.75) is 65.1 Å². The average molecular weight is 423 g/mol. The van der Waals surface area contributed by atoms with Crippen LogP contribution in [0, 0.1) is 5.82 Å².